The maximum atomic E-state index is 12.4. The molecule has 0 aliphatic heterocycles. The Labute approximate surface area is 177 Å². The van der Waals surface area contributed by atoms with E-state index in [0.29, 0.717) is 45.6 Å². The van der Waals surface area contributed by atoms with Crippen LogP contribution in [-0.4, -0.2) is 33.1 Å². The number of nitro groups is 1. The molecule has 1 saturated carbocycles. The Bertz CT molecular complexity index is 702. The number of carbonyl (C=O) groups is 1. The molecule has 1 aromatic carbocycles. The monoisotopic (exact) mass is 421 g/mol. The van der Waals surface area contributed by atoms with Crippen LogP contribution < -0.4 is 0 Å². The van der Waals surface area contributed by atoms with Gasteiger partial charge in [-0.3, -0.25) is 10.1 Å². The minimum atomic E-state index is -0.480. The van der Waals surface area contributed by atoms with E-state index in [1.807, 2.05) is 0 Å². The van der Waals surface area contributed by atoms with E-state index in [2.05, 4.69) is 41.5 Å². The van der Waals surface area contributed by atoms with Gasteiger partial charge in [-0.2, -0.15) is 0 Å². The smallest absolute Gasteiger partial charge is 0.338 e. The van der Waals surface area contributed by atoms with Gasteiger partial charge in [-0.05, 0) is 54.6 Å². The Hall–Kier alpha value is -1.73. The normalized spacial score (nSPS) is 20.7. The summed E-state index contributed by atoms with van der Waals surface area (Å²) in [4.78, 5) is 22.7. The Morgan fingerprint density at radius 3 is 2.00 bits per heavy atom. The van der Waals surface area contributed by atoms with Crippen LogP contribution in [0, 0.1) is 39.7 Å². The maximum absolute atomic E-state index is 12.4. The molecule has 6 nitrogen and oxygen atoms in total. The Morgan fingerprint density at radius 1 is 1.10 bits per heavy atom. The van der Waals surface area contributed by atoms with E-state index >= 15 is 0 Å². The average Bonchev–Trinajstić information content (AvgIpc) is 2.62. The minimum Gasteiger partial charge on any atom is -0.459 e. The number of carbonyl (C=O) groups excluding carboxylic acids is 1. The summed E-state index contributed by atoms with van der Waals surface area (Å²) in [5.41, 5.74) is 0.159. The SMILES string of the molecule is CC(C)C([C@H]1C[C@H](OC(=O)c2ccc([N+](=O)[O-])cc2)C1)C(O[SiH3])(C(C)C)C(C)C. The summed E-state index contributed by atoms with van der Waals surface area (Å²) in [5.74, 6) is 1.76. The molecule has 1 aromatic rings. The summed E-state index contributed by atoms with van der Waals surface area (Å²) in [7, 11) is 0.698. The van der Waals surface area contributed by atoms with Gasteiger partial charge in [0.05, 0.1) is 16.1 Å². The van der Waals surface area contributed by atoms with E-state index in [1.54, 1.807) is 0 Å². The van der Waals surface area contributed by atoms with E-state index in [1.165, 1.54) is 24.3 Å². The lowest BCUT2D eigenvalue weighted by molar-refractivity contribution is -0.384. The Balaban J connectivity index is 2.05. The maximum Gasteiger partial charge on any atom is 0.338 e. The van der Waals surface area contributed by atoms with E-state index in [4.69, 9.17) is 9.16 Å². The molecule has 0 heterocycles. The topological polar surface area (TPSA) is 78.7 Å². The van der Waals surface area contributed by atoms with Crippen LogP contribution in [0.15, 0.2) is 24.3 Å². The molecule has 2 rings (SSSR count). The predicted octanol–water partition coefficient (Wildman–Crippen LogP) is 4.15. The number of ether oxygens (including phenoxy) is 1. The van der Waals surface area contributed by atoms with Gasteiger partial charge in [0.2, 0.25) is 0 Å². The van der Waals surface area contributed by atoms with Crippen molar-refractivity contribution in [3.63, 3.8) is 0 Å². The van der Waals surface area contributed by atoms with Crippen molar-refractivity contribution in [2.24, 2.45) is 29.6 Å². The third-order valence-electron chi connectivity index (χ3n) is 6.62. The molecule has 0 radical (unpaired) electrons. The highest BCUT2D eigenvalue weighted by Gasteiger charge is 2.52. The molecule has 7 heteroatoms. The van der Waals surface area contributed by atoms with Crippen LogP contribution in [0.1, 0.15) is 64.7 Å². The summed E-state index contributed by atoms with van der Waals surface area (Å²) in [6.07, 6.45) is 1.58. The molecule has 0 aromatic heterocycles. The zero-order valence-corrected chi connectivity index (χ0v) is 20.7. The second kappa shape index (κ2) is 9.39. The van der Waals surface area contributed by atoms with Gasteiger partial charge in [0.1, 0.15) is 16.6 Å². The highest BCUT2D eigenvalue weighted by Crippen LogP contribution is 2.50. The number of non-ortho nitro benzene ring substituents is 1. The van der Waals surface area contributed by atoms with E-state index in [0.717, 1.165) is 12.8 Å². The number of benzene rings is 1. The molecule has 1 fully saturated rings. The Morgan fingerprint density at radius 2 is 1.62 bits per heavy atom. The molecular formula is C22H35NO5Si. The van der Waals surface area contributed by atoms with Crippen LogP contribution in [0.5, 0.6) is 0 Å². The lowest BCUT2D eigenvalue weighted by Gasteiger charge is -2.55. The molecule has 1 aliphatic carbocycles. The molecular weight excluding hydrogens is 386 g/mol. The lowest BCUT2D eigenvalue weighted by atomic mass is 9.57. The molecule has 0 bridgehead atoms. The Kier molecular flexibility index (Phi) is 7.62. The number of hydrogen-bond acceptors (Lipinski definition) is 5. The van der Waals surface area contributed by atoms with Crippen molar-refractivity contribution in [2.75, 3.05) is 0 Å². The molecule has 1 aliphatic rings. The first-order valence-corrected chi connectivity index (χ1v) is 11.4. The fourth-order valence-electron chi connectivity index (χ4n) is 5.41. The van der Waals surface area contributed by atoms with Crippen LogP contribution >= 0.6 is 0 Å². The molecule has 0 spiro atoms. The van der Waals surface area contributed by atoms with Gasteiger partial charge in [-0.25, -0.2) is 4.79 Å². The molecule has 1 atom stereocenters. The van der Waals surface area contributed by atoms with Crippen LogP contribution in [0.2, 0.25) is 0 Å². The van der Waals surface area contributed by atoms with Crippen molar-refractivity contribution in [1.29, 1.82) is 0 Å². The van der Waals surface area contributed by atoms with Crippen molar-refractivity contribution in [3.05, 3.63) is 39.9 Å². The van der Waals surface area contributed by atoms with Crippen molar-refractivity contribution in [1.82, 2.24) is 0 Å². The first-order chi connectivity index (χ1) is 13.5. The van der Waals surface area contributed by atoms with E-state index in [9.17, 15) is 14.9 Å². The highest BCUT2D eigenvalue weighted by molar-refractivity contribution is 5.98. The molecule has 0 amide bonds. The van der Waals surface area contributed by atoms with Crippen molar-refractivity contribution >= 4 is 22.1 Å². The predicted molar refractivity (Wildman–Crippen MR) is 117 cm³/mol. The molecule has 0 saturated heterocycles. The summed E-state index contributed by atoms with van der Waals surface area (Å²) in [5, 5.41) is 10.8. The number of esters is 1. The second-order valence-corrected chi connectivity index (χ2v) is 9.61. The third kappa shape index (κ3) is 4.72. The van der Waals surface area contributed by atoms with Crippen molar-refractivity contribution in [3.8, 4) is 0 Å². The number of nitrogens with zero attached hydrogens (tertiary/aromatic N) is 1. The molecule has 162 valence electrons. The number of rotatable bonds is 9. The molecule has 0 N–H and O–H groups in total. The zero-order chi connectivity index (χ0) is 21.9. The standard InChI is InChI=1S/C22H35NO5Si/c1-13(2)20(22(28-29,14(3)4)15(5)6)17-11-19(12-17)27-21(24)16-7-9-18(10-8-16)23(25)26/h7-10,13-15,17,19-20H,11-12H2,1-6,29H3/t17-,19-,20?. The van der Waals surface area contributed by atoms with Crippen LogP contribution in [-0.2, 0) is 9.16 Å². The zero-order valence-electron chi connectivity index (χ0n) is 18.7. The first kappa shape index (κ1) is 23.5. The third-order valence-corrected chi connectivity index (χ3v) is 7.33. The summed E-state index contributed by atoms with van der Waals surface area (Å²) < 4.78 is 12.0. The van der Waals surface area contributed by atoms with Crippen molar-refractivity contribution < 1.29 is 18.9 Å². The fourth-order valence-corrected chi connectivity index (χ4v) is 6.63. The van der Waals surface area contributed by atoms with Gasteiger partial charge < -0.3 is 9.16 Å². The second-order valence-electron chi connectivity index (χ2n) is 9.20. The molecule has 29 heavy (non-hydrogen) atoms. The van der Waals surface area contributed by atoms with Gasteiger partial charge in [0.15, 0.2) is 0 Å². The van der Waals surface area contributed by atoms with Crippen LogP contribution in [0.4, 0.5) is 5.69 Å². The summed E-state index contributed by atoms with van der Waals surface area (Å²) in [6.45, 7) is 13.5. The quantitative estimate of drug-likeness (QED) is 0.259. The molecule has 1 unspecified atom stereocenters. The summed E-state index contributed by atoms with van der Waals surface area (Å²) in [6, 6.07) is 5.56. The van der Waals surface area contributed by atoms with Crippen molar-refractivity contribution in [2.45, 2.75) is 66.1 Å². The van der Waals surface area contributed by atoms with Gasteiger partial charge in [-0.15, -0.1) is 0 Å². The van der Waals surface area contributed by atoms with Gasteiger partial charge in [0.25, 0.3) is 5.69 Å². The van der Waals surface area contributed by atoms with Crippen LogP contribution in [0.3, 0.4) is 0 Å². The first-order valence-electron chi connectivity index (χ1n) is 10.5. The highest BCUT2D eigenvalue weighted by atomic mass is 28.2. The van der Waals surface area contributed by atoms with Gasteiger partial charge in [0, 0.05) is 12.1 Å². The minimum absolute atomic E-state index is 0.0353. The van der Waals surface area contributed by atoms with Crippen LogP contribution in [0.25, 0.3) is 0 Å². The lowest BCUT2D eigenvalue weighted by Crippen LogP contribution is -2.57. The summed E-state index contributed by atoms with van der Waals surface area (Å²) >= 11 is 0. The van der Waals surface area contributed by atoms with E-state index in [-0.39, 0.29) is 17.4 Å². The number of hydrogen-bond donors (Lipinski definition) is 0. The van der Waals surface area contributed by atoms with E-state index < -0.39 is 10.9 Å². The van der Waals surface area contributed by atoms with Gasteiger partial charge >= 0.3 is 5.97 Å². The average molecular weight is 422 g/mol. The van der Waals surface area contributed by atoms with Gasteiger partial charge in [-0.1, -0.05) is 41.5 Å². The largest absolute Gasteiger partial charge is 0.459 e. The fraction of sp³-hybridized carbons (Fsp3) is 0.682. The number of nitro benzene ring substituents is 1.